The molecule has 0 aromatic carbocycles. The Morgan fingerprint density at radius 1 is 1.12 bits per heavy atom. The standard InChI is InChI=1S/C29H34F2N4O5/c1-17-11-23(34-26(12-17)35-25-13-19(27(30)31)9-10-32-25)20-5-8-24(33-14-20)29(2,39)21-6-3-18(4-7-21)28(38)40-16-22(37)15-36/h5,8-14,18,21-22,27,36-37,39H,3-4,6-7,15-16H2,1-2H3,(H,32,34,35). The predicted molar refractivity (Wildman–Crippen MR) is 144 cm³/mol. The SMILES string of the molecule is Cc1cc(Nc2cc(C(F)F)ccn2)nc(-c2ccc(C(C)(O)C3CCC(C(=O)OCC(O)CO)CC3)nc2)c1. The van der Waals surface area contributed by atoms with Crippen molar-refractivity contribution in [3.63, 3.8) is 0 Å². The molecule has 0 spiro atoms. The largest absolute Gasteiger partial charge is 0.463 e. The number of aromatic nitrogens is 3. The van der Waals surface area contributed by atoms with Crippen molar-refractivity contribution in [2.24, 2.45) is 11.8 Å². The Hall–Kier alpha value is -3.54. The number of aliphatic hydroxyl groups is 3. The molecule has 0 aliphatic heterocycles. The molecule has 4 N–H and O–H groups in total. The molecule has 0 bridgehead atoms. The minimum atomic E-state index is -2.60. The van der Waals surface area contributed by atoms with Crippen molar-refractivity contribution in [1.82, 2.24) is 15.0 Å². The normalized spacial score (nSPS) is 19.6. The molecular weight excluding hydrogens is 522 g/mol. The Balaban J connectivity index is 1.42. The van der Waals surface area contributed by atoms with Gasteiger partial charge in [0.25, 0.3) is 6.43 Å². The predicted octanol–water partition coefficient (Wildman–Crippen LogP) is 4.44. The number of carbonyl (C=O) groups excluding carboxylic acids is 1. The molecule has 2 atom stereocenters. The van der Waals surface area contributed by atoms with Crippen molar-refractivity contribution in [1.29, 1.82) is 0 Å². The van der Waals surface area contributed by atoms with Gasteiger partial charge in [-0.05, 0) is 87.4 Å². The summed E-state index contributed by atoms with van der Waals surface area (Å²) in [4.78, 5) is 25.5. The minimum absolute atomic E-state index is 0.109. The summed E-state index contributed by atoms with van der Waals surface area (Å²) >= 11 is 0. The van der Waals surface area contributed by atoms with Crippen LogP contribution >= 0.6 is 0 Å². The molecule has 0 saturated heterocycles. The van der Waals surface area contributed by atoms with Crippen molar-refractivity contribution >= 4 is 17.6 Å². The van der Waals surface area contributed by atoms with Gasteiger partial charge in [-0.1, -0.05) is 0 Å². The molecule has 3 aromatic rings. The van der Waals surface area contributed by atoms with E-state index in [2.05, 4.69) is 20.3 Å². The number of nitrogens with zero attached hydrogens (tertiary/aromatic N) is 3. The van der Waals surface area contributed by atoms with Gasteiger partial charge in [-0.3, -0.25) is 9.78 Å². The molecule has 3 heterocycles. The zero-order valence-corrected chi connectivity index (χ0v) is 22.4. The van der Waals surface area contributed by atoms with Crippen LogP contribution < -0.4 is 5.32 Å². The molecule has 4 rings (SSSR count). The van der Waals surface area contributed by atoms with Crippen LogP contribution in [0.15, 0.2) is 48.8 Å². The Labute approximate surface area is 231 Å². The van der Waals surface area contributed by atoms with E-state index in [9.17, 15) is 23.8 Å². The number of nitrogens with one attached hydrogen (secondary N) is 1. The van der Waals surface area contributed by atoms with E-state index < -0.39 is 30.7 Å². The van der Waals surface area contributed by atoms with Crippen LogP contribution in [0.5, 0.6) is 0 Å². The monoisotopic (exact) mass is 556 g/mol. The molecule has 1 aliphatic rings. The lowest BCUT2D eigenvalue weighted by Gasteiger charge is -2.37. The van der Waals surface area contributed by atoms with Gasteiger partial charge in [0.05, 0.1) is 23.9 Å². The molecule has 1 fully saturated rings. The number of carbonyl (C=O) groups is 1. The third-order valence-electron chi connectivity index (χ3n) is 7.32. The van der Waals surface area contributed by atoms with Gasteiger partial charge in [-0.15, -0.1) is 0 Å². The lowest BCUT2D eigenvalue weighted by molar-refractivity contribution is -0.154. The van der Waals surface area contributed by atoms with E-state index in [1.807, 2.05) is 19.1 Å². The number of alkyl halides is 2. The highest BCUT2D eigenvalue weighted by Gasteiger charge is 2.39. The Kier molecular flexibility index (Phi) is 9.39. The lowest BCUT2D eigenvalue weighted by Crippen LogP contribution is -2.37. The van der Waals surface area contributed by atoms with Gasteiger partial charge in [0.15, 0.2) is 0 Å². The van der Waals surface area contributed by atoms with Gasteiger partial charge >= 0.3 is 5.97 Å². The first-order valence-corrected chi connectivity index (χ1v) is 13.2. The number of esters is 1. The number of hydrogen-bond acceptors (Lipinski definition) is 9. The summed E-state index contributed by atoms with van der Waals surface area (Å²) in [5, 5.41) is 32.6. The van der Waals surface area contributed by atoms with Gasteiger partial charge in [-0.2, -0.15) is 0 Å². The van der Waals surface area contributed by atoms with Crippen LogP contribution in [0.3, 0.4) is 0 Å². The van der Waals surface area contributed by atoms with Crippen LogP contribution in [0.4, 0.5) is 20.4 Å². The molecule has 2 unspecified atom stereocenters. The Morgan fingerprint density at radius 2 is 1.88 bits per heavy atom. The number of aliphatic hydroxyl groups excluding tert-OH is 2. The van der Waals surface area contributed by atoms with Crippen molar-refractivity contribution in [3.8, 4) is 11.3 Å². The summed E-state index contributed by atoms with van der Waals surface area (Å²) in [6.07, 6.45) is 1.57. The van der Waals surface area contributed by atoms with Gasteiger partial charge < -0.3 is 25.4 Å². The molecule has 3 aromatic heterocycles. The highest BCUT2D eigenvalue weighted by molar-refractivity contribution is 5.72. The van der Waals surface area contributed by atoms with E-state index in [4.69, 9.17) is 9.84 Å². The number of rotatable bonds is 10. The van der Waals surface area contributed by atoms with Gasteiger partial charge in [0, 0.05) is 23.5 Å². The fraction of sp³-hybridized carbons (Fsp3) is 0.448. The van der Waals surface area contributed by atoms with Crippen molar-refractivity contribution in [2.75, 3.05) is 18.5 Å². The number of hydrogen-bond donors (Lipinski definition) is 4. The maximum Gasteiger partial charge on any atom is 0.309 e. The average molecular weight is 557 g/mol. The van der Waals surface area contributed by atoms with Crippen LogP contribution in [0, 0.1) is 18.8 Å². The first-order valence-electron chi connectivity index (χ1n) is 13.2. The molecule has 1 saturated carbocycles. The molecule has 0 amide bonds. The maximum absolute atomic E-state index is 13.1. The van der Waals surface area contributed by atoms with Crippen LogP contribution in [-0.4, -0.2) is 55.6 Å². The number of anilines is 2. The van der Waals surface area contributed by atoms with E-state index in [0.29, 0.717) is 42.9 Å². The fourth-order valence-electron chi connectivity index (χ4n) is 4.96. The zero-order valence-electron chi connectivity index (χ0n) is 22.4. The van der Waals surface area contributed by atoms with Crippen molar-refractivity contribution in [3.05, 3.63) is 65.6 Å². The lowest BCUT2D eigenvalue weighted by atomic mass is 9.73. The summed E-state index contributed by atoms with van der Waals surface area (Å²) < 4.78 is 31.2. The highest BCUT2D eigenvalue weighted by atomic mass is 19.3. The second kappa shape index (κ2) is 12.8. The van der Waals surface area contributed by atoms with Gasteiger partial charge in [-0.25, -0.2) is 18.7 Å². The second-order valence-corrected chi connectivity index (χ2v) is 10.4. The number of halogens is 2. The number of pyridine rings is 3. The van der Waals surface area contributed by atoms with E-state index >= 15 is 0 Å². The van der Waals surface area contributed by atoms with E-state index in [0.717, 1.165) is 11.1 Å². The van der Waals surface area contributed by atoms with Gasteiger partial charge in [0.1, 0.15) is 29.9 Å². The number of aryl methyl sites for hydroxylation is 1. The zero-order chi connectivity index (χ0) is 28.9. The molecule has 214 valence electrons. The fourth-order valence-corrected chi connectivity index (χ4v) is 4.96. The summed E-state index contributed by atoms with van der Waals surface area (Å²) in [6, 6.07) is 9.80. The highest BCUT2D eigenvalue weighted by Crippen LogP contribution is 2.41. The summed E-state index contributed by atoms with van der Waals surface area (Å²) in [5.74, 6) is -0.104. The Morgan fingerprint density at radius 3 is 2.52 bits per heavy atom. The molecule has 1 aliphatic carbocycles. The quantitative estimate of drug-likeness (QED) is 0.267. The van der Waals surface area contributed by atoms with E-state index in [1.165, 1.54) is 18.3 Å². The summed E-state index contributed by atoms with van der Waals surface area (Å²) in [5.41, 5.74) is 1.40. The molecule has 9 nitrogen and oxygen atoms in total. The third-order valence-corrected chi connectivity index (χ3v) is 7.32. The Bertz CT molecular complexity index is 1300. The summed E-state index contributed by atoms with van der Waals surface area (Å²) in [7, 11) is 0. The molecule has 0 radical (unpaired) electrons. The van der Waals surface area contributed by atoms with E-state index in [1.54, 1.807) is 25.3 Å². The van der Waals surface area contributed by atoms with Crippen LogP contribution in [-0.2, 0) is 15.1 Å². The number of ether oxygens (including phenoxy) is 1. The minimum Gasteiger partial charge on any atom is -0.463 e. The van der Waals surface area contributed by atoms with Gasteiger partial charge in [0.2, 0.25) is 0 Å². The summed E-state index contributed by atoms with van der Waals surface area (Å²) in [6.45, 7) is 2.91. The van der Waals surface area contributed by atoms with Crippen LogP contribution in [0.1, 0.15) is 55.9 Å². The van der Waals surface area contributed by atoms with Crippen molar-refractivity contribution < 1.29 is 33.6 Å². The first-order chi connectivity index (χ1) is 19.1. The molecular formula is C29H34F2N4O5. The smallest absolute Gasteiger partial charge is 0.309 e. The molecule has 40 heavy (non-hydrogen) atoms. The second-order valence-electron chi connectivity index (χ2n) is 10.4. The van der Waals surface area contributed by atoms with E-state index in [-0.39, 0.29) is 29.8 Å². The molecule has 11 heteroatoms. The topological polar surface area (TPSA) is 138 Å². The van der Waals surface area contributed by atoms with Crippen LogP contribution in [0.25, 0.3) is 11.3 Å². The third kappa shape index (κ3) is 7.15. The first kappa shape index (κ1) is 29.4. The maximum atomic E-state index is 13.1. The van der Waals surface area contributed by atoms with Crippen LogP contribution in [0.2, 0.25) is 0 Å². The average Bonchev–Trinajstić information content (AvgIpc) is 2.95. The van der Waals surface area contributed by atoms with Crippen molar-refractivity contribution in [2.45, 2.75) is 57.7 Å².